The Balaban J connectivity index is 4.06. The normalized spacial score (nSPS) is 14.3. The van der Waals surface area contributed by atoms with Crippen molar-refractivity contribution in [2.24, 2.45) is 5.41 Å². The molecule has 0 aromatic rings. The highest BCUT2D eigenvalue weighted by Crippen LogP contribution is 2.24. The van der Waals surface area contributed by atoms with Crippen molar-refractivity contribution < 1.29 is 19.4 Å². The van der Waals surface area contributed by atoms with Gasteiger partial charge in [0.25, 0.3) is 0 Å². The molecule has 0 bridgehead atoms. The molecular weight excluding hydrogens is 196 g/mol. The second kappa shape index (κ2) is 7.43. The number of aliphatic hydroxyl groups excluding tert-OH is 1. The first-order valence-electron chi connectivity index (χ1n) is 5.10. The van der Waals surface area contributed by atoms with E-state index in [1.165, 1.54) is 0 Å². The van der Waals surface area contributed by atoms with Gasteiger partial charge in [0, 0.05) is 6.61 Å². The summed E-state index contributed by atoms with van der Waals surface area (Å²) >= 11 is 0. The molecule has 0 aromatic carbocycles. The van der Waals surface area contributed by atoms with Gasteiger partial charge in [-0.3, -0.25) is 4.79 Å². The summed E-state index contributed by atoms with van der Waals surface area (Å²) in [4.78, 5) is 11.6. The fourth-order valence-corrected chi connectivity index (χ4v) is 1.03. The topological polar surface area (TPSA) is 55.8 Å². The average Bonchev–Trinajstić information content (AvgIpc) is 2.24. The first kappa shape index (κ1) is 14.1. The second-order valence-corrected chi connectivity index (χ2v) is 3.43. The molecule has 0 saturated carbocycles. The molecule has 88 valence electrons. The fraction of sp³-hybridized carbons (Fsp3) is 0.727. The highest BCUT2D eigenvalue weighted by atomic mass is 16.5. The van der Waals surface area contributed by atoms with E-state index in [1.54, 1.807) is 19.9 Å². The van der Waals surface area contributed by atoms with Crippen LogP contribution in [0.5, 0.6) is 0 Å². The van der Waals surface area contributed by atoms with E-state index in [2.05, 4.69) is 6.58 Å². The monoisotopic (exact) mass is 216 g/mol. The molecule has 0 aliphatic heterocycles. The van der Waals surface area contributed by atoms with Gasteiger partial charge in [-0.1, -0.05) is 6.08 Å². The number of hydrogen-bond acceptors (Lipinski definition) is 4. The lowest BCUT2D eigenvalue weighted by Gasteiger charge is -2.22. The number of carbonyl (C=O) groups is 1. The quantitative estimate of drug-likeness (QED) is 0.375. The molecule has 1 atom stereocenters. The van der Waals surface area contributed by atoms with Gasteiger partial charge in [0.15, 0.2) is 0 Å². The van der Waals surface area contributed by atoms with Crippen molar-refractivity contribution in [2.75, 3.05) is 26.4 Å². The second-order valence-electron chi connectivity index (χ2n) is 3.43. The van der Waals surface area contributed by atoms with Crippen molar-refractivity contribution >= 4 is 5.97 Å². The molecule has 15 heavy (non-hydrogen) atoms. The number of ether oxygens (including phenoxy) is 2. The summed E-state index contributed by atoms with van der Waals surface area (Å²) in [6.45, 7) is 8.20. The van der Waals surface area contributed by atoms with Crippen molar-refractivity contribution in [1.29, 1.82) is 0 Å². The zero-order valence-corrected chi connectivity index (χ0v) is 9.49. The van der Waals surface area contributed by atoms with E-state index in [0.29, 0.717) is 19.6 Å². The van der Waals surface area contributed by atoms with Crippen LogP contribution in [0.25, 0.3) is 0 Å². The lowest BCUT2D eigenvalue weighted by Crippen LogP contribution is -2.29. The average molecular weight is 216 g/mol. The zero-order chi connectivity index (χ0) is 11.7. The van der Waals surface area contributed by atoms with Crippen molar-refractivity contribution in [2.45, 2.75) is 20.3 Å². The summed E-state index contributed by atoms with van der Waals surface area (Å²) in [6, 6.07) is 0. The lowest BCUT2D eigenvalue weighted by molar-refractivity contribution is -0.152. The molecule has 0 aliphatic carbocycles. The highest BCUT2D eigenvalue weighted by Gasteiger charge is 2.30. The Bertz CT molecular complexity index is 203. The van der Waals surface area contributed by atoms with Crippen LogP contribution in [0.2, 0.25) is 0 Å². The molecule has 0 spiro atoms. The molecule has 0 radical (unpaired) electrons. The van der Waals surface area contributed by atoms with Gasteiger partial charge in [-0.25, -0.2) is 0 Å². The largest absolute Gasteiger partial charge is 0.465 e. The van der Waals surface area contributed by atoms with E-state index in [-0.39, 0.29) is 19.2 Å². The third-order valence-corrected chi connectivity index (χ3v) is 2.19. The molecule has 0 aromatic heterocycles. The molecule has 0 aliphatic rings. The number of carbonyl (C=O) groups excluding carboxylic acids is 1. The van der Waals surface area contributed by atoms with Crippen LogP contribution in [0, 0.1) is 5.41 Å². The molecule has 0 saturated heterocycles. The predicted molar refractivity (Wildman–Crippen MR) is 57.5 cm³/mol. The Kier molecular flexibility index (Phi) is 6.99. The van der Waals surface area contributed by atoms with Crippen molar-refractivity contribution in [3.8, 4) is 0 Å². The third-order valence-electron chi connectivity index (χ3n) is 2.19. The maximum absolute atomic E-state index is 11.6. The minimum Gasteiger partial charge on any atom is -0.465 e. The minimum absolute atomic E-state index is 0.00971. The summed E-state index contributed by atoms with van der Waals surface area (Å²) in [5, 5.41) is 8.51. The first-order chi connectivity index (χ1) is 7.10. The van der Waals surface area contributed by atoms with E-state index in [9.17, 15) is 4.79 Å². The number of hydrogen-bond donors (Lipinski definition) is 1. The molecule has 4 heteroatoms. The molecule has 0 amide bonds. The van der Waals surface area contributed by atoms with Crippen LogP contribution in [0.1, 0.15) is 20.3 Å². The maximum atomic E-state index is 11.6. The van der Waals surface area contributed by atoms with Gasteiger partial charge < -0.3 is 14.6 Å². The maximum Gasteiger partial charge on any atom is 0.315 e. The molecule has 1 N–H and O–H groups in total. The fourth-order valence-electron chi connectivity index (χ4n) is 1.03. The SMILES string of the molecule is C=CC(C)(CCOCCO)C(=O)OCC. The third kappa shape index (κ3) is 4.95. The first-order valence-corrected chi connectivity index (χ1v) is 5.10. The Labute approximate surface area is 90.9 Å². The van der Waals surface area contributed by atoms with E-state index < -0.39 is 5.41 Å². The van der Waals surface area contributed by atoms with Crippen LogP contribution in [-0.4, -0.2) is 37.5 Å². The number of rotatable bonds is 8. The van der Waals surface area contributed by atoms with E-state index in [1.807, 2.05) is 0 Å². The van der Waals surface area contributed by atoms with Crippen LogP contribution >= 0.6 is 0 Å². The summed E-state index contributed by atoms with van der Waals surface area (Å²) in [5.41, 5.74) is -0.703. The van der Waals surface area contributed by atoms with Crippen molar-refractivity contribution in [3.63, 3.8) is 0 Å². The highest BCUT2D eigenvalue weighted by molar-refractivity contribution is 5.78. The summed E-state index contributed by atoms with van der Waals surface area (Å²) in [6.07, 6.45) is 2.09. The molecular formula is C11H20O4. The summed E-state index contributed by atoms with van der Waals surface area (Å²) in [7, 11) is 0. The molecule has 0 fully saturated rings. The van der Waals surface area contributed by atoms with Gasteiger partial charge in [-0.2, -0.15) is 0 Å². The number of aliphatic hydroxyl groups is 1. The zero-order valence-electron chi connectivity index (χ0n) is 9.49. The number of esters is 1. The van der Waals surface area contributed by atoms with Crippen molar-refractivity contribution in [1.82, 2.24) is 0 Å². The van der Waals surface area contributed by atoms with E-state index in [4.69, 9.17) is 14.6 Å². The summed E-state index contributed by atoms with van der Waals surface area (Å²) < 4.78 is 10.0. The van der Waals surface area contributed by atoms with Gasteiger partial charge in [0.2, 0.25) is 0 Å². The van der Waals surface area contributed by atoms with Crippen LogP contribution in [0.15, 0.2) is 12.7 Å². The Morgan fingerprint density at radius 3 is 2.67 bits per heavy atom. The minimum atomic E-state index is -0.703. The van der Waals surface area contributed by atoms with E-state index in [0.717, 1.165) is 0 Å². The Morgan fingerprint density at radius 1 is 1.53 bits per heavy atom. The molecule has 1 unspecified atom stereocenters. The van der Waals surface area contributed by atoms with Crippen molar-refractivity contribution in [3.05, 3.63) is 12.7 Å². The standard InChI is InChI=1S/C11H20O4/c1-4-11(3,10(13)15-5-2)6-8-14-9-7-12/h4,12H,1,5-9H2,2-3H3. The Morgan fingerprint density at radius 2 is 2.20 bits per heavy atom. The molecule has 0 heterocycles. The smallest absolute Gasteiger partial charge is 0.315 e. The van der Waals surface area contributed by atoms with Crippen LogP contribution < -0.4 is 0 Å². The van der Waals surface area contributed by atoms with Crippen LogP contribution in [0.4, 0.5) is 0 Å². The molecule has 0 rings (SSSR count). The van der Waals surface area contributed by atoms with E-state index >= 15 is 0 Å². The van der Waals surface area contributed by atoms with Crippen LogP contribution in [0.3, 0.4) is 0 Å². The predicted octanol–water partition coefficient (Wildman–Crippen LogP) is 1.14. The lowest BCUT2D eigenvalue weighted by atomic mass is 9.87. The van der Waals surface area contributed by atoms with Gasteiger partial charge in [-0.15, -0.1) is 6.58 Å². The van der Waals surface area contributed by atoms with Gasteiger partial charge in [0.05, 0.1) is 25.2 Å². The molecule has 4 nitrogen and oxygen atoms in total. The summed E-state index contributed by atoms with van der Waals surface area (Å²) in [5.74, 6) is -0.285. The van der Waals surface area contributed by atoms with Gasteiger partial charge >= 0.3 is 5.97 Å². The Hall–Kier alpha value is -0.870. The van der Waals surface area contributed by atoms with Crippen LogP contribution in [-0.2, 0) is 14.3 Å². The van der Waals surface area contributed by atoms with Gasteiger partial charge in [0.1, 0.15) is 0 Å². The van der Waals surface area contributed by atoms with Gasteiger partial charge in [-0.05, 0) is 20.3 Å².